The molecule has 1 saturated heterocycles. The van der Waals surface area contributed by atoms with E-state index in [2.05, 4.69) is 0 Å². The highest BCUT2D eigenvalue weighted by atomic mass is 32.2. The van der Waals surface area contributed by atoms with Gasteiger partial charge in [-0.3, -0.25) is 4.79 Å². The van der Waals surface area contributed by atoms with Crippen LogP contribution in [0, 0.1) is 6.92 Å². The SMILES string of the molecule is Cc1ccc(C=CC(=O)C(C(=O)O)=C2SCCCS2)cc1. The lowest BCUT2D eigenvalue weighted by molar-refractivity contribution is -0.134. The summed E-state index contributed by atoms with van der Waals surface area (Å²) >= 11 is 2.92. The van der Waals surface area contributed by atoms with Crippen molar-refractivity contribution in [1.82, 2.24) is 0 Å². The summed E-state index contributed by atoms with van der Waals surface area (Å²) in [5, 5.41) is 9.29. The number of hydrogen-bond donors (Lipinski definition) is 1. The smallest absolute Gasteiger partial charge is 0.341 e. The molecule has 0 radical (unpaired) electrons. The molecule has 110 valence electrons. The van der Waals surface area contributed by atoms with Crippen molar-refractivity contribution in [1.29, 1.82) is 0 Å². The molecule has 3 nitrogen and oxygen atoms in total. The number of thioether (sulfide) groups is 2. The topological polar surface area (TPSA) is 54.4 Å². The van der Waals surface area contributed by atoms with Gasteiger partial charge in [-0.1, -0.05) is 35.9 Å². The average molecular weight is 320 g/mol. The summed E-state index contributed by atoms with van der Waals surface area (Å²) in [7, 11) is 0. The van der Waals surface area contributed by atoms with Crippen molar-refractivity contribution in [3.8, 4) is 0 Å². The molecule has 0 bridgehead atoms. The van der Waals surface area contributed by atoms with E-state index >= 15 is 0 Å². The van der Waals surface area contributed by atoms with Crippen molar-refractivity contribution in [2.75, 3.05) is 11.5 Å². The largest absolute Gasteiger partial charge is 0.477 e. The first-order chi connectivity index (χ1) is 10.1. The Morgan fingerprint density at radius 1 is 1.14 bits per heavy atom. The molecule has 0 amide bonds. The lowest BCUT2D eigenvalue weighted by Gasteiger charge is -2.14. The third kappa shape index (κ3) is 4.51. The molecule has 1 aromatic carbocycles. The van der Waals surface area contributed by atoms with Crippen molar-refractivity contribution in [2.45, 2.75) is 13.3 Å². The van der Waals surface area contributed by atoms with Crippen molar-refractivity contribution in [3.63, 3.8) is 0 Å². The zero-order valence-corrected chi connectivity index (χ0v) is 13.3. The first kappa shape index (κ1) is 15.9. The molecular formula is C16H16O3S2. The molecule has 1 aliphatic heterocycles. The minimum absolute atomic E-state index is 0.104. The summed E-state index contributed by atoms with van der Waals surface area (Å²) in [5.41, 5.74) is 1.92. The molecule has 0 unspecified atom stereocenters. The third-order valence-corrected chi connectivity index (χ3v) is 5.55. The van der Waals surface area contributed by atoms with Crippen LogP contribution in [0.25, 0.3) is 6.08 Å². The molecule has 1 fully saturated rings. The Balaban J connectivity index is 2.19. The molecule has 0 aromatic heterocycles. The van der Waals surface area contributed by atoms with Crippen LogP contribution in [-0.4, -0.2) is 28.4 Å². The van der Waals surface area contributed by atoms with E-state index in [9.17, 15) is 14.7 Å². The van der Waals surface area contributed by atoms with E-state index in [0.717, 1.165) is 29.1 Å². The first-order valence-corrected chi connectivity index (χ1v) is 8.57. The van der Waals surface area contributed by atoms with Crippen molar-refractivity contribution >= 4 is 41.4 Å². The van der Waals surface area contributed by atoms with Crippen LogP contribution in [-0.2, 0) is 9.59 Å². The molecule has 1 heterocycles. The standard InChI is InChI=1S/C16H16O3S2/c1-11-3-5-12(6-4-11)7-8-13(17)14(15(18)19)16-20-9-2-10-21-16/h3-8H,2,9-10H2,1H3,(H,18,19). The van der Waals surface area contributed by atoms with Crippen LogP contribution < -0.4 is 0 Å². The molecule has 21 heavy (non-hydrogen) atoms. The van der Waals surface area contributed by atoms with Crippen LogP contribution in [0.4, 0.5) is 0 Å². The van der Waals surface area contributed by atoms with E-state index in [-0.39, 0.29) is 5.57 Å². The van der Waals surface area contributed by atoms with E-state index in [1.165, 1.54) is 29.6 Å². The van der Waals surface area contributed by atoms with Gasteiger partial charge < -0.3 is 5.11 Å². The molecule has 0 spiro atoms. The number of ketones is 1. The monoisotopic (exact) mass is 320 g/mol. The lowest BCUT2D eigenvalue weighted by Crippen LogP contribution is -2.13. The quantitative estimate of drug-likeness (QED) is 0.520. The maximum absolute atomic E-state index is 12.2. The highest BCUT2D eigenvalue weighted by Gasteiger charge is 2.23. The summed E-state index contributed by atoms with van der Waals surface area (Å²) in [6, 6.07) is 7.70. The van der Waals surface area contributed by atoms with Crippen LogP contribution in [0.2, 0.25) is 0 Å². The molecule has 1 aromatic rings. The van der Waals surface area contributed by atoms with Crippen LogP contribution in [0.15, 0.2) is 40.2 Å². The van der Waals surface area contributed by atoms with E-state index in [0.29, 0.717) is 4.24 Å². The number of aliphatic carboxylic acids is 1. The number of carbonyl (C=O) groups is 2. The van der Waals surface area contributed by atoms with Gasteiger partial charge in [-0.05, 0) is 36.5 Å². The molecule has 1 N–H and O–H groups in total. The van der Waals surface area contributed by atoms with Crippen molar-refractivity contribution < 1.29 is 14.7 Å². The second kappa shape index (κ2) is 7.52. The highest BCUT2D eigenvalue weighted by Crippen LogP contribution is 2.37. The number of allylic oxidation sites excluding steroid dienone is 1. The number of carboxylic acid groups (broad SMARTS) is 1. The molecule has 0 atom stereocenters. The number of benzene rings is 1. The fourth-order valence-corrected chi connectivity index (χ4v) is 4.43. The van der Waals surface area contributed by atoms with Gasteiger partial charge in [0.15, 0.2) is 5.78 Å². The molecule has 0 aliphatic carbocycles. The Morgan fingerprint density at radius 3 is 2.33 bits per heavy atom. The third-order valence-electron chi connectivity index (χ3n) is 2.92. The minimum Gasteiger partial charge on any atom is -0.477 e. The number of hydrogen-bond acceptors (Lipinski definition) is 4. The van der Waals surface area contributed by atoms with Crippen LogP contribution in [0.1, 0.15) is 17.5 Å². The Labute approximate surface area is 132 Å². The van der Waals surface area contributed by atoms with Gasteiger partial charge >= 0.3 is 5.97 Å². The summed E-state index contributed by atoms with van der Waals surface area (Å²) in [6.07, 6.45) is 4.04. The first-order valence-electron chi connectivity index (χ1n) is 6.60. The van der Waals surface area contributed by atoms with Crippen LogP contribution in [0.3, 0.4) is 0 Å². The zero-order chi connectivity index (χ0) is 15.2. The van der Waals surface area contributed by atoms with Gasteiger partial charge in [0.05, 0.1) is 4.24 Å². The number of carbonyl (C=O) groups excluding carboxylic acids is 1. The van der Waals surface area contributed by atoms with E-state index in [1.54, 1.807) is 6.08 Å². The van der Waals surface area contributed by atoms with Gasteiger partial charge in [0.25, 0.3) is 0 Å². The summed E-state index contributed by atoms with van der Waals surface area (Å²) in [5.74, 6) is 0.146. The predicted octanol–water partition coefficient (Wildman–Crippen LogP) is 3.74. The van der Waals surface area contributed by atoms with E-state index in [4.69, 9.17) is 0 Å². The highest BCUT2D eigenvalue weighted by molar-refractivity contribution is 8.22. The Bertz CT molecular complexity index is 592. The maximum atomic E-state index is 12.2. The van der Waals surface area contributed by atoms with Crippen LogP contribution in [0.5, 0.6) is 0 Å². The average Bonchev–Trinajstić information content (AvgIpc) is 2.47. The summed E-state index contributed by atoms with van der Waals surface area (Å²) < 4.78 is 0.632. The van der Waals surface area contributed by atoms with Gasteiger partial charge in [0.1, 0.15) is 5.57 Å². The Kier molecular flexibility index (Phi) is 5.70. The molecule has 0 saturated carbocycles. The molecule has 2 rings (SSSR count). The normalized spacial score (nSPS) is 15.2. The van der Waals surface area contributed by atoms with Gasteiger partial charge in [-0.25, -0.2) is 4.79 Å². The molecule has 1 aliphatic rings. The lowest BCUT2D eigenvalue weighted by atomic mass is 10.1. The predicted molar refractivity (Wildman–Crippen MR) is 89.4 cm³/mol. The van der Waals surface area contributed by atoms with E-state index < -0.39 is 11.8 Å². The van der Waals surface area contributed by atoms with Crippen molar-refractivity contribution in [3.05, 3.63) is 51.3 Å². The van der Waals surface area contributed by atoms with E-state index in [1.807, 2.05) is 31.2 Å². The minimum atomic E-state index is -1.15. The number of aryl methyl sites for hydroxylation is 1. The zero-order valence-electron chi connectivity index (χ0n) is 11.7. The Hall–Kier alpha value is -1.46. The number of rotatable bonds is 4. The van der Waals surface area contributed by atoms with Gasteiger partial charge in [0, 0.05) is 0 Å². The Morgan fingerprint density at radius 2 is 1.76 bits per heavy atom. The van der Waals surface area contributed by atoms with Crippen molar-refractivity contribution in [2.24, 2.45) is 0 Å². The molecule has 5 heteroatoms. The number of carboxylic acids is 1. The maximum Gasteiger partial charge on any atom is 0.341 e. The molecular weight excluding hydrogens is 304 g/mol. The second-order valence-corrected chi connectivity index (χ2v) is 7.10. The van der Waals surface area contributed by atoms with Gasteiger partial charge in [-0.2, -0.15) is 0 Å². The fourth-order valence-electron chi connectivity index (χ4n) is 1.80. The van der Waals surface area contributed by atoms with Gasteiger partial charge in [0.2, 0.25) is 0 Å². The summed E-state index contributed by atoms with van der Waals surface area (Å²) in [6.45, 7) is 1.99. The summed E-state index contributed by atoms with van der Waals surface area (Å²) in [4.78, 5) is 23.5. The van der Waals surface area contributed by atoms with Crippen LogP contribution >= 0.6 is 23.5 Å². The second-order valence-electron chi connectivity index (χ2n) is 4.63. The fraction of sp³-hybridized carbons (Fsp3) is 0.250. The van der Waals surface area contributed by atoms with Gasteiger partial charge in [-0.15, -0.1) is 23.5 Å².